The number of aliphatic hydroxyl groups excluding tert-OH is 1. The van der Waals surface area contributed by atoms with E-state index < -0.39 is 0 Å². The van der Waals surface area contributed by atoms with E-state index in [0.717, 1.165) is 0 Å². The summed E-state index contributed by atoms with van der Waals surface area (Å²) in [5.41, 5.74) is 0.337. The molecule has 0 unspecified atom stereocenters. The van der Waals surface area contributed by atoms with Crippen molar-refractivity contribution in [3.05, 3.63) is 0 Å². The minimum Gasteiger partial charge on any atom is -0.396 e. The highest BCUT2D eigenvalue weighted by molar-refractivity contribution is 4.83. The summed E-state index contributed by atoms with van der Waals surface area (Å²) >= 11 is 0. The SMILES string of the molecule is CCCCCCCCCC1(CO)CCCC1. The van der Waals surface area contributed by atoms with Crippen molar-refractivity contribution in [3.8, 4) is 0 Å². The van der Waals surface area contributed by atoms with E-state index in [2.05, 4.69) is 6.92 Å². The first-order chi connectivity index (χ1) is 7.83. The van der Waals surface area contributed by atoms with Gasteiger partial charge < -0.3 is 5.11 Å². The molecular formula is C15H30O. The Hall–Kier alpha value is -0.0400. The molecule has 0 aromatic heterocycles. The lowest BCUT2D eigenvalue weighted by Gasteiger charge is -2.26. The van der Waals surface area contributed by atoms with Crippen LogP contribution in [0.15, 0.2) is 0 Å². The standard InChI is InChI=1S/C15H30O/c1-2-3-4-5-6-7-8-11-15(14-16)12-9-10-13-15/h16H,2-14H2,1H3. The van der Waals surface area contributed by atoms with Crippen LogP contribution in [0.25, 0.3) is 0 Å². The van der Waals surface area contributed by atoms with Crippen LogP contribution in [0.5, 0.6) is 0 Å². The fourth-order valence-corrected chi connectivity index (χ4v) is 3.07. The van der Waals surface area contributed by atoms with E-state index in [-0.39, 0.29) is 0 Å². The number of hydrogen-bond donors (Lipinski definition) is 1. The van der Waals surface area contributed by atoms with Gasteiger partial charge in [0, 0.05) is 6.61 Å². The van der Waals surface area contributed by atoms with Gasteiger partial charge in [-0.3, -0.25) is 0 Å². The molecular weight excluding hydrogens is 196 g/mol. The van der Waals surface area contributed by atoms with E-state index >= 15 is 0 Å². The minimum absolute atomic E-state index is 0.337. The zero-order chi connectivity index (χ0) is 11.7. The Morgan fingerprint density at radius 2 is 1.44 bits per heavy atom. The van der Waals surface area contributed by atoms with Crippen molar-refractivity contribution in [2.75, 3.05) is 6.61 Å². The van der Waals surface area contributed by atoms with Crippen LogP contribution in [0.4, 0.5) is 0 Å². The van der Waals surface area contributed by atoms with Gasteiger partial charge in [-0.15, -0.1) is 0 Å². The molecule has 1 fully saturated rings. The molecule has 1 aliphatic rings. The lowest BCUT2D eigenvalue weighted by atomic mass is 9.82. The summed E-state index contributed by atoms with van der Waals surface area (Å²) in [6.45, 7) is 2.70. The van der Waals surface area contributed by atoms with Crippen molar-refractivity contribution >= 4 is 0 Å². The molecule has 0 radical (unpaired) electrons. The Bertz CT molecular complexity index is 159. The molecule has 0 aliphatic heterocycles. The minimum atomic E-state index is 0.337. The predicted molar refractivity (Wildman–Crippen MR) is 70.6 cm³/mol. The van der Waals surface area contributed by atoms with Gasteiger partial charge in [0.15, 0.2) is 0 Å². The molecule has 16 heavy (non-hydrogen) atoms. The fraction of sp³-hybridized carbons (Fsp3) is 1.00. The van der Waals surface area contributed by atoms with Gasteiger partial charge in [0.1, 0.15) is 0 Å². The molecule has 0 saturated heterocycles. The van der Waals surface area contributed by atoms with Gasteiger partial charge in [-0.1, -0.05) is 64.7 Å². The second-order valence-corrected chi connectivity index (χ2v) is 5.74. The van der Waals surface area contributed by atoms with Gasteiger partial charge in [-0.05, 0) is 24.7 Å². The van der Waals surface area contributed by atoms with Crippen LogP contribution in [-0.2, 0) is 0 Å². The molecule has 96 valence electrons. The zero-order valence-corrected chi connectivity index (χ0v) is 11.1. The Kier molecular flexibility index (Phi) is 7.11. The maximum absolute atomic E-state index is 9.49. The molecule has 1 N–H and O–H groups in total. The third-order valence-corrected chi connectivity index (χ3v) is 4.31. The molecule has 0 aromatic carbocycles. The average Bonchev–Trinajstić information content (AvgIpc) is 2.77. The Balaban J connectivity index is 1.97. The van der Waals surface area contributed by atoms with Crippen molar-refractivity contribution in [3.63, 3.8) is 0 Å². The van der Waals surface area contributed by atoms with Crippen molar-refractivity contribution in [2.24, 2.45) is 5.41 Å². The van der Waals surface area contributed by atoms with Crippen LogP contribution in [0.1, 0.15) is 84.0 Å². The van der Waals surface area contributed by atoms with Gasteiger partial charge in [-0.2, -0.15) is 0 Å². The maximum atomic E-state index is 9.49. The quantitative estimate of drug-likeness (QED) is 0.566. The van der Waals surface area contributed by atoms with E-state index in [0.29, 0.717) is 12.0 Å². The molecule has 0 atom stereocenters. The molecule has 1 rings (SSSR count). The lowest BCUT2D eigenvalue weighted by Crippen LogP contribution is -2.21. The van der Waals surface area contributed by atoms with Crippen LogP contribution in [0, 0.1) is 5.41 Å². The molecule has 1 heteroatoms. The van der Waals surface area contributed by atoms with Crippen LogP contribution in [-0.4, -0.2) is 11.7 Å². The summed E-state index contributed by atoms with van der Waals surface area (Å²) in [7, 11) is 0. The first-order valence-electron chi connectivity index (χ1n) is 7.44. The third-order valence-electron chi connectivity index (χ3n) is 4.31. The summed E-state index contributed by atoms with van der Waals surface area (Å²) in [6.07, 6.45) is 16.2. The van der Waals surface area contributed by atoms with Crippen LogP contribution >= 0.6 is 0 Å². The topological polar surface area (TPSA) is 20.2 Å². The lowest BCUT2D eigenvalue weighted by molar-refractivity contribution is 0.117. The predicted octanol–water partition coefficient (Wildman–Crippen LogP) is 4.68. The summed E-state index contributed by atoms with van der Waals surface area (Å²) in [5.74, 6) is 0. The second kappa shape index (κ2) is 8.11. The van der Waals surface area contributed by atoms with Gasteiger partial charge in [0.05, 0.1) is 0 Å². The first kappa shape index (κ1) is 14.0. The van der Waals surface area contributed by atoms with E-state index in [1.807, 2.05) is 0 Å². The average molecular weight is 226 g/mol. The Labute approximate surface area is 102 Å². The normalized spacial score (nSPS) is 19.1. The summed E-state index contributed by atoms with van der Waals surface area (Å²) in [5, 5.41) is 9.49. The van der Waals surface area contributed by atoms with Gasteiger partial charge in [-0.25, -0.2) is 0 Å². The van der Waals surface area contributed by atoms with Crippen LogP contribution < -0.4 is 0 Å². The third kappa shape index (κ3) is 4.86. The number of rotatable bonds is 9. The van der Waals surface area contributed by atoms with Crippen LogP contribution in [0.2, 0.25) is 0 Å². The highest BCUT2D eigenvalue weighted by Crippen LogP contribution is 2.41. The first-order valence-corrected chi connectivity index (χ1v) is 7.44. The monoisotopic (exact) mass is 226 g/mol. The van der Waals surface area contributed by atoms with Crippen LogP contribution in [0.3, 0.4) is 0 Å². The summed E-state index contributed by atoms with van der Waals surface area (Å²) in [4.78, 5) is 0. The van der Waals surface area contributed by atoms with Gasteiger partial charge in [0.25, 0.3) is 0 Å². The zero-order valence-electron chi connectivity index (χ0n) is 11.1. The Morgan fingerprint density at radius 1 is 0.875 bits per heavy atom. The smallest absolute Gasteiger partial charge is 0.0487 e. The molecule has 0 spiro atoms. The highest BCUT2D eigenvalue weighted by Gasteiger charge is 2.32. The van der Waals surface area contributed by atoms with E-state index in [1.165, 1.54) is 77.0 Å². The number of aliphatic hydroxyl groups is 1. The Morgan fingerprint density at radius 3 is 2.00 bits per heavy atom. The van der Waals surface area contributed by atoms with E-state index in [4.69, 9.17) is 0 Å². The van der Waals surface area contributed by atoms with Crippen molar-refractivity contribution < 1.29 is 5.11 Å². The summed E-state index contributed by atoms with van der Waals surface area (Å²) in [6, 6.07) is 0. The van der Waals surface area contributed by atoms with E-state index in [9.17, 15) is 5.11 Å². The molecule has 1 nitrogen and oxygen atoms in total. The highest BCUT2D eigenvalue weighted by atomic mass is 16.3. The molecule has 1 saturated carbocycles. The van der Waals surface area contributed by atoms with E-state index in [1.54, 1.807) is 0 Å². The van der Waals surface area contributed by atoms with Crippen molar-refractivity contribution in [1.82, 2.24) is 0 Å². The summed E-state index contributed by atoms with van der Waals surface area (Å²) < 4.78 is 0. The van der Waals surface area contributed by atoms with Crippen molar-refractivity contribution in [2.45, 2.75) is 84.0 Å². The molecule has 0 heterocycles. The number of hydrogen-bond acceptors (Lipinski definition) is 1. The molecule has 0 amide bonds. The molecule has 1 aliphatic carbocycles. The molecule has 0 aromatic rings. The number of unbranched alkanes of at least 4 members (excludes halogenated alkanes) is 6. The maximum Gasteiger partial charge on any atom is 0.0487 e. The largest absolute Gasteiger partial charge is 0.396 e. The second-order valence-electron chi connectivity index (χ2n) is 5.74. The van der Waals surface area contributed by atoms with Crippen molar-refractivity contribution in [1.29, 1.82) is 0 Å². The molecule has 0 bridgehead atoms. The fourth-order valence-electron chi connectivity index (χ4n) is 3.07. The van der Waals surface area contributed by atoms with Gasteiger partial charge >= 0.3 is 0 Å². The van der Waals surface area contributed by atoms with Gasteiger partial charge in [0.2, 0.25) is 0 Å².